The quantitative estimate of drug-likeness (QED) is 0.825. The molecule has 2 rings (SSSR count). The van der Waals surface area contributed by atoms with Gasteiger partial charge in [-0.3, -0.25) is 0 Å². The van der Waals surface area contributed by atoms with Crippen LogP contribution in [0.25, 0.3) is 0 Å². The van der Waals surface area contributed by atoms with Crippen molar-refractivity contribution in [2.24, 2.45) is 5.92 Å². The van der Waals surface area contributed by atoms with Crippen molar-refractivity contribution < 1.29 is 13.5 Å². The molecule has 0 saturated carbocycles. The number of rotatable bonds is 3. The van der Waals surface area contributed by atoms with Gasteiger partial charge in [0.2, 0.25) is 10.0 Å². The number of nitrogens with two attached hydrogens (primary N) is 1. The maximum Gasteiger partial charge on any atom is 0.246 e. The Morgan fingerprint density at radius 2 is 1.75 bits per heavy atom. The molecular formula is C12H16Cl2N2O3S. The number of hydrogen-bond donors (Lipinski definition) is 2. The standard InChI is InChI=1S/C12H16Cl2N2O3S/c13-10-5-9(15)6-11(14)12(10)20(18,19)16-3-1-8(7-17)2-4-16/h5-6,8,17H,1-4,7,15H2. The zero-order valence-corrected chi connectivity index (χ0v) is 13.0. The molecule has 1 aliphatic rings. The first kappa shape index (κ1) is 15.9. The van der Waals surface area contributed by atoms with Crippen molar-refractivity contribution in [1.82, 2.24) is 4.31 Å². The molecule has 0 bridgehead atoms. The minimum Gasteiger partial charge on any atom is -0.399 e. The summed E-state index contributed by atoms with van der Waals surface area (Å²) < 4.78 is 26.5. The summed E-state index contributed by atoms with van der Waals surface area (Å²) in [5.41, 5.74) is 5.90. The molecule has 1 heterocycles. The van der Waals surface area contributed by atoms with E-state index < -0.39 is 10.0 Å². The average Bonchev–Trinajstić information content (AvgIpc) is 2.37. The largest absolute Gasteiger partial charge is 0.399 e. The van der Waals surface area contributed by atoms with Crippen LogP contribution in [-0.2, 0) is 10.0 Å². The maximum absolute atomic E-state index is 12.6. The number of anilines is 1. The Bertz CT molecular complexity index is 576. The number of aliphatic hydroxyl groups is 1. The third-order valence-corrected chi connectivity index (χ3v) is 6.27. The molecule has 5 nitrogen and oxygen atoms in total. The lowest BCUT2D eigenvalue weighted by molar-refractivity contribution is 0.170. The second-order valence-electron chi connectivity index (χ2n) is 4.84. The van der Waals surface area contributed by atoms with Gasteiger partial charge in [-0.1, -0.05) is 23.2 Å². The van der Waals surface area contributed by atoms with E-state index in [1.807, 2.05) is 0 Å². The molecule has 1 aliphatic heterocycles. The molecule has 1 aromatic rings. The first-order valence-corrected chi connectivity index (χ1v) is 8.41. The Morgan fingerprint density at radius 1 is 1.25 bits per heavy atom. The fourth-order valence-corrected chi connectivity index (χ4v) is 4.94. The summed E-state index contributed by atoms with van der Waals surface area (Å²) in [6.07, 6.45) is 1.25. The SMILES string of the molecule is Nc1cc(Cl)c(S(=O)(=O)N2CCC(CO)CC2)c(Cl)c1. The molecule has 0 amide bonds. The summed E-state index contributed by atoms with van der Waals surface area (Å²) in [6.45, 7) is 0.784. The summed E-state index contributed by atoms with van der Waals surface area (Å²) >= 11 is 12.0. The summed E-state index contributed by atoms with van der Waals surface area (Å²) in [5, 5.41) is 9.15. The van der Waals surface area contributed by atoms with E-state index in [4.69, 9.17) is 34.0 Å². The van der Waals surface area contributed by atoms with Crippen LogP contribution in [0.15, 0.2) is 17.0 Å². The summed E-state index contributed by atoms with van der Waals surface area (Å²) in [6, 6.07) is 2.75. The van der Waals surface area contributed by atoms with Gasteiger partial charge in [-0.2, -0.15) is 4.31 Å². The smallest absolute Gasteiger partial charge is 0.246 e. The van der Waals surface area contributed by atoms with Gasteiger partial charge < -0.3 is 10.8 Å². The minimum absolute atomic E-state index is 0.0271. The zero-order valence-electron chi connectivity index (χ0n) is 10.7. The average molecular weight is 339 g/mol. The highest BCUT2D eigenvalue weighted by Gasteiger charge is 2.32. The predicted molar refractivity (Wildman–Crippen MR) is 79.4 cm³/mol. The van der Waals surface area contributed by atoms with E-state index in [1.165, 1.54) is 16.4 Å². The van der Waals surface area contributed by atoms with Gasteiger partial charge >= 0.3 is 0 Å². The molecule has 0 atom stereocenters. The van der Waals surface area contributed by atoms with Gasteiger partial charge in [0, 0.05) is 25.4 Å². The highest BCUT2D eigenvalue weighted by atomic mass is 35.5. The number of benzene rings is 1. The maximum atomic E-state index is 12.6. The Morgan fingerprint density at radius 3 is 2.20 bits per heavy atom. The van der Waals surface area contributed by atoms with Crippen LogP contribution in [0.5, 0.6) is 0 Å². The third kappa shape index (κ3) is 3.04. The molecule has 1 fully saturated rings. The lowest BCUT2D eigenvalue weighted by Crippen LogP contribution is -2.39. The molecule has 0 unspecified atom stereocenters. The topological polar surface area (TPSA) is 83.6 Å². The molecule has 0 aromatic heterocycles. The van der Waals surface area contributed by atoms with Crippen molar-refractivity contribution in [3.63, 3.8) is 0 Å². The lowest BCUT2D eigenvalue weighted by atomic mass is 10.00. The molecule has 1 aromatic carbocycles. The van der Waals surface area contributed by atoms with E-state index in [-0.39, 0.29) is 27.5 Å². The monoisotopic (exact) mass is 338 g/mol. The molecule has 20 heavy (non-hydrogen) atoms. The fraction of sp³-hybridized carbons (Fsp3) is 0.500. The predicted octanol–water partition coefficient (Wildman–Crippen LogP) is 1.97. The van der Waals surface area contributed by atoms with Crippen molar-refractivity contribution >= 4 is 38.9 Å². The van der Waals surface area contributed by atoms with Crippen LogP contribution in [-0.4, -0.2) is 37.5 Å². The number of hydrogen-bond acceptors (Lipinski definition) is 4. The van der Waals surface area contributed by atoms with Crippen LogP contribution in [0.1, 0.15) is 12.8 Å². The summed E-state index contributed by atoms with van der Waals surface area (Å²) in [7, 11) is -3.74. The molecule has 0 spiro atoms. The van der Waals surface area contributed by atoms with Crippen molar-refractivity contribution in [1.29, 1.82) is 0 Å². The Kier molecular flexibility index (Phi) is 4.81. The first-order chi connectivity index (χ1) is 9.36. The van der Waals surface area contributed by atoms with Crippen molar-refractivity contribution in [2.75, 3.05) is 25.4 Å². The fourth-order valence-electron chi connectivity index (χ4n) is 2.29. The van der Waals surface area contributed by atoms with Gasteiger partial charge in [0.05, 0.1) is 10.0 Å². The Labute approximate surface area is 128 Å². The molecular weight excluding hydrogens is 323 g/mol. The summed E-state index contributed by atoms with van der Waals surface area (Å²) in [5.74, 6) is 0.152. The second-order valence-corrected chi connectivity index (χ2v) is 7.53. The van der Waals surface area contributed by atoms with E-state index in [9.17, 15) is 8.42 Å². The van der Waals surface area contributed by atoms with Crippen LogP contribution in [0.3, 0.4) is 0 Å². The van der Waals surface area contributed by atoms with E-state index in [2.05, 4.69) is 0 Å². The third-order valence-electron chi connectivity index (χ3n) is 3.45. The molecule has 112 valence electrons. The van der Waals surface area contributed by atoms with E-state index in [1.54, 1.807) is 0 Å². The van der Waals surface area contributed by atoms with Gasteiger partial charge in [-0.15, -0.1) is 0 Å². The van der Waals surface area contributed by atoms with E-state index in [0.717, 1.165) is 0 Å². The van der Waals surface area contributed by atoms with Crippen molar-refractivity contribution in [3.05, 3.63) is 22.2 Å². The van der Waals surface area contributed by atoms with Gasteiger partial charge in [0.1, 0.15) is 4.90 Å². The van der Waals surface area contributed by atoms with Crippen molar-refractivity contribution in [2.45, 2.75) is 17.7 Å². The number of sulfonamides is 1. The van der Waals surface area contributed by atoms with Crippen LogP contribution in [0.4, 0.5) is 5.69 Å². The highest BCUT2D eigenvalue weighted by Crippen LogP contribution is 2.35. The van der Waals surface area contributed by atoms with Gasteiger partial charge in [-0.25, -0.2) is 8.42 Å². The van der Waals surface area contributed by atoms with Crippen LogP contribution < -0.4 is 5.73 Å². The molecule has 8 heteroatoms. The molecule has 3 N–H and O–H groups in total. The summed E-state index contributed by atoms with van der Waals surface area (Å²) in [4.78, 5) is -0.0996. The van der Waals surface area contributed by atoms with Crippen LogP contribution >= 0.6 is 23.2 Å². The second kappa shape index (κ2) is 6.07. The molecule has 0 aliphatic carbocycles. The Balaban J connectivity index is 2.32. The number of nitrogen functional groups attached to an aromatic ring is 1. The van der Waals surface area contributed by atoms with E-state index in [0.29, 0.717) is 31.6 Å². The molecule has 1 saturated heterocycles. The van der Waals surface area contributed by atoms with Crippen molar-refractivity contribution in [3.8, 4) is 0 Å². The van der Waals surface area contributed by atoms with Gasteiger partial charge in [0.15, 0.2) is 0 Å². The zero-order chi connectivity index (χ0) is 14.9. The highest BCUT2D eigenvalue weighted by molar-refractivity contribution is 7.89. The number of piperidine rings is 1. The van der Waals surface area contributed by atoms with Gasteiger partial charge in [-0.05, 0) is 30.9 Å². The van der Waals surface area contributed by atoms with Crippen LogP contribution in [0.2, 0.25) is 10.0 Å². The van der Waals surface area contributed by atoms with Gasteiger partial charge in [0.25, 0.3) is 0 Å². The van der Waals surface area contributed by atoms with Crippen LogP contribution in [0, 0.1) is 5.92 Å². The minimum atomic E-state index is -3.74. The number of halogens is 2. The first-order valence-electron chi connectivity index (χ1n) is 6.21. The lowest BCUT2D eigenvalue weighted by Gasteiger charge is -2.30. The number of nitrogens with zero attached hydrogens (tertiary/aromatic N) is 1. The Hall–Kier alpha value is -0.530. The normalized spacial score (nSPS) is 18.4. The molecule has 0 radical (unpaired) electrons. The number of aliphatic hydroxyl groups excluding tert-OH is 1. The van der Waals surface area contributed by atoms with E-state index >= 15 is 0 Å².